The number of hydrogen-bond acceptors (Lipinski definition) is 7. The first kappa shape index (κ1) is 22.3. The van der Waals surface area contributed by atoms with Crippen LogP contribution < -0.4 is 9.47 Å². The highest BCUT2D eigenvalue weighted by Crippen LogP contribution is 2.37. The Bertz CT molecular complexity index is 1220. The summed E-state index contributed by atoms with van der Waals surface area (Å²) in [4.78, 5) is 4.88. The standard InChI is InChI=1S/C23H27N3O5S/c1-15-10-11-18(13-16(15)2)32(27,28)26-12-6-7-17(14-26)23-24-22(25-31-23)19-8-5-9-20(29-3)21(19)30-4/h5,8-11,13,17H,6-7,12,14H2,1-4H3/t17-/m1/s1. The number of piperidine rings is 1. The van der Waals surface area contributed by atoms with E-state index in [0.29, 0.717) is 46.8 Å². The Hall–Kier alpha value is -2.91. The lowest BCUT2D eigenvalue weighted by Gasteiger charge is -2.30. The lowest BCUT2D eigenvalue weighted by molar-refractivity contribution is 0.265. The molecule has 0 saturated carbocycles. The number of para-hydroxylation sites is 1. The first-order valence-corrected chi connectivity index (χ1v) is 11.9. The SMILES string of the molecule is COc1cccc(-c2noc([C@@H]3CCCN(S(=O)(=O)c4ccc(C)c(C)c4)C3)n2)c1OC. The molecule has 2 aromatic carbocycles. The van der Waals surface area contributed by atoms with Crippen LogP contribution in [0.15, 0.2) is 45.8 Å². The molecular formula is C23H27N3O5S. The van der Waals surface area contributed by atoms with E-state index in [1.54, 1.807) is 32.4 Å². The van der Waals surface area contributed by atoms with Crippen LogP contribution in [0, 0.1) is 13.8 Å². The topological polar surface area (TPSA) is 94.8 Å². The number of rotatable bonds is 6. The van der Waals surface area contributed by atoms with Crippen molar-refractivity contribution in [2.75, 3.05) is 27.3 Å². The molecule has 0 N–H and O–H groups in total. The van der Waals surface area contributed by atoms with Crippen LogP contribution in [-0.4, -0.2) is 50.2 Å². The van der Waals surface area contributed by atoms with Crippen molar-refractivity contribution in [3.63, 3.8) is 0 Å². The zero-order valence-corrected chi connectivity index (χ0v) is 19.5. The molecule has 32 heavy (non-hydrogen) atoms. The minimum absolute atomic E-state index is 0.178. The normalized spacial score (nSPS) is 17.3. The third-order valence-corrected chi connectivity index (χ3v) is 7.80. The molecule has 0 spiro atoms. The van der Waals surface area contributed by atoms with E-state index < -0.39 is 10.0 Å². The number of methoxy groups -OCH3 is 2. The number of benzene rings is 2. The van der Waals surface area contributed by atoms with Crippen molar-refractivity contribution in [3.8, 4) is 22.9 Å². The maximum Gasteiger partial charge on any atom is 0.243 e. The fraction of sp³-hybridized carbons (Fsp3) is 0.391. The fourth-order valence-electron chi connectivity index (χ4n) is 3.96. The van der Waals surface area contributed by atoms with Crippen LogP contribution in [-0.2, 0) is 10.0 Å². The minimum atomic E-state index is -3.60. The van der Waals surface area contributed by atoms with Gasteiger partial charge in [0.2, 0.25) is 21.7 Å². The summed E-state index contributed by atoms with van der Waals surface area (Å²) < 4.78 is 44.4. The Morgan fingerprint density at radius 3 is 2.62 bits per heavy atom. The predicted molar refractivity (Wildman–Crippen MR) is 119 cm³/mol. The van der Waals surface area contributed by atoms with E-state index in [-0.39, 0.29) is 5.92 Å². The lowest BCUT2D eigenvalue weighted by atomic mass is 10.00. The number of hydrogen-bond donors (Lipinski definition) is 0. The van der Waals surface area contributed by atoms with Gasteiger partial charge < -0.3 is 14.0 Å². The second-order valence-corrected chi connectivity index (χ2v) is 9.88. The highest BCUT2D eigenvalue weighted by atomic mass is 32.2. The van der Waals surface area contributed by atoms with Crippen molar-refractivity contribution in [2.24, 2.45) is 0 Å². The summed E-state index contributed by atoms with van der Waals surface area (Å²) in [5.74, 6) is 1.71. The molecule has 0 bridgehead atoms. The Labute approximate surface area is 188 Å². The number of sulfonamides is 1. The van der Waals surface area contributed by atoms with Gasteiger partial charge in [-0.1, -0.05) is 17.3 Å². The van der Waals surface area contributed by atoms with Crippen LogP contribution in [0.2, 0.25) is 0 Å². The van der Waals surface area contributed by atoms with Crippen molar-refractivity contribution in [1.82, 2.24) is 14.4 Å². The van der Waals surface area contributed by atoms with E-state index in [0.717, 1.165) is 24.0 Å². The molecule has 4 rings (SSSR count). The molecule has 9 heteroatoms. The maximum atomic E-state index is 13.2. The van der Waals surface area contributed by atoms with Gasteiger partial charge in [-0.15, -0.1) is 0 Å². The first-order chi connectivity index (χ1) is 15.3. The van der Waals surface area contributed by atoms with Crippen LogP contribution in [0.4, 0.5) is 0 Å². The molecule has 0 unspecified atom stereocenters. The third-order valence-electron chi connectivity index (χ3n) is 5.94. The quantitative estimate of drug-likeness (QED) is 0.553. The van der Waals surface area contributed by atoms with E-state index in [1.165, 1.54) is 4.31 Å². The van der Waals surface area contributed by atoms with Gasteiger partial charge in [-0.05, 0) is 62.1 Å². The van der Waals surface area contributed by atoms with Gasteiger partial charge in [-0.2, -0.15) is 9.29 Å². The molecule has 1 fully saturated rings. The van der Waals surface area contributed by atoms with E-state index in [4.69, 9.17) is 14.0 Å². The molecule has 1 aromatic heterocycles. The molecule has 0 amide bonds. The third kappa shape index (κ3) is 4.10. The zero-order valence-electron chi connectivity index (χ0n) is 18.7. The molecule has 1 aliphatic rings. The average Bonchev–Trinajstić information content (AvgIpc) is 3.30. The molecule has 1 saturated heterocycles. The molecule has 3 aromatic rings. The summed E-state index contributed by atoms with van der Waals surface area (Å²) in [5.41, 5.74) is 2.66. The van der Waals surface area contributed by atoms with Crippen LogP contribution >= 0.6 is 0 Å². The lowest BCUT2D eigenvalue weighted by Crippen LogP contribution is -2.39. The van der Waals surface area contributed by atoms with Gasteiger partial charge >= 0.3 is 0 Å². The van der Waals surface area contributed by atoms with Gasteiger partial charge in [0.05, 0.1) is 30.6 Å². The summed E-state index contributed by atoms with van der Waals surface area (Å²) in [6, 6.07) is 10.7. The van der Waals surface area contributed by atoms with E-state index in [9.17, 15) is 8.42 Å². The minimum Gasteiger partial charge on any atom is -0.493 e. The Kier molecular flexibility index (Phi) is 6.21. The van der Waals surface area contributed by atoms with Gasteiger partial charge in [0.25, 0.3) is 0 Å². The van der Waals surface area contributed by atoms with Crippen LogP contribution in [0.3, 0.4) is 0 Å². The van der Waals surface area contributed by atoms with Gasteiger partial charge in [0.1, 0.15) is 0 Å². The Balaban J connectivity index is 1.59. The highest BCUT2D eigenvalue weighted by Gasteiger charge is 2.33. The van der Waals surface area contributed by atoms with Gasteiger partial charge in [-0.25, -0.2) is 8.42 Å². The van der Waals surface area contributed by atoms with Gasteiger partial charge in [0.15, 0.2) is 11.5 Å². The summed E-state index contributed by atoms with van der Waals surface area (Å²) >= 11 is 0. The van der Waals surface area contributed by atoms with Gasteiger partial charge in [-0.3, -0.25) is 0 Å². The second-order valence-electron chi connectivity index (χ2n) is 7.95. The Morgan fingerprint density at radius 2 is 1.91 bits per heavy atom. The second kappa shape index (κ2) is 8.91. The number of aryl methyl sites for hydroxylation is 2. The molecule has 0 aliphatic carbocycles. The number of ether oxygens (including phenoxy) is 2. The summed E-state index contributed by atoms with van der Waals surface area (Å²) in [6.07, 6.45) is 1.49. The van der Waals surface area contributed by atoms with Crippen molar-refractivity contribution < 1.29 is 22.4 Å². The maximum absolute atomic E-state index is 13.2. The van der Waals surface area contributed by atoms with E-state index in [1.807, 2.05) is 32.0 Å². The number of nitrogens with zero attached hydrogens (tertiary/aromatic N) is 3. The molecule has 170 valence electrons. The van der Waals surface area contributed by atoms with Crippen molar-refractivity contribution in [1.29, 1.82) is 0 Å². The first-order valence-electron chi connectivity index (χ1n) is 10.5. The molecule has 1 aliphatic heterocycles. The smallest absolute Gasteiger partial charge is 0.243 e. The summed E-state index contributed by atoms with van der Waals surface area (Å²) in [5, 5.41) is 4.12. The summed E-state index contributed by atoms with van der Waals surface area (Å²) in [7, 11) is -0.480. The molecule has 0 radical (unpaired) electrons. The van der Waals surface area contributed by atoms with Crippen LogP contribution in [0.25, 0.3) is 11.4 Å². The zero-order chi connectivity index (χ0) is 22.9. The van der Waals surface area contributed by atoms with Crippen molar-refractivity contribution >= 4 is 10.0 Å². The molecular weight excluding hydrogens is 430 g/mol. The van der Waals surface area contributed by atoms with Crippen LogP contribution in [0.5, 0.6) is 11.5 Å². The largest absolute Gasteiger partial charge is 0.493 e. The van der Waals surface area contributed by atoms with Crippen molar-refractivity contribution in [3.05, 3.63) is 53.4 Å². The van der Waals surface area contributed by atoms with Crippen LogP contribution in [0.1, 0.15) is 35.8 Å². The molecule has 2 heterocycles. The predicted octanol–water partition coefficient (Wildman–Crippen LogP) is 3.94. The molecule has 1 atom stereocenters. The van der Waals surface area contributed by atoms with E-state index in [2.05, 4.69) is 10.1 Å². The van der Waals surface area contributed by atoms with E-state index >= 15 is 0 Å². The summed E-state index contributed by atoms with van der Waals surface area (Å²) in [6.45, 7) is 4.65. The van der Waals surface area contributed by atoms with Gasteiger partial charge in [0, 0.05) is 13.1 Å². The highest BCUT2D eigenvalue weighted by molar-refractivity contribution is 7.89. The monoisotopic (exact) mass is 457 g/mol. The van der Waals surface area contributed by atoms with Crippen molar-refractivity contribution in [2.45, 2.75) is 37.5 Å². The number of aromatic nitrogens is 2. The fourth-order valence-corrected chi connectivity index (χ4v) is 5.57. The Morgan fingerprint density at radius 1 is 1.09 bits per heavy atom. The molecule has 8 nitrogen and oxygen atoms in total. The average molecular weight is 458 g/mol.